The maximum atomic E-state index is 15.2. The summed E-state index contributed by atoms with van der Waals surface area (Å²) >= 11 is 0. The lowest BCUT2D eigenvalue weighted by Crippen LogP contribution is -2.54. The fourth-order valence-electron chi connectivity index (χ4n) is 5.82. The van der Waals surface area contributed by atoms with Crippen LogP contribution in [0.15, 0.2) is 54.6 Å². The predicted octanol–water partition coefficient (Wildman–Crippen LogP) is 1.66. The number of piperazine rings is 1. The van der Waals surface area contributed by atoms with Gasteiger partial charge in [0.15, 0.2) is 0 Å². The van der Waals surface area contributed by atoms with Gasteiger partial charge in [-0.3, -0.25) is 39.1 Å². The summed E-state index contributed by atoms with van der Waals surface area (Å²) in [5.41, 5.74) is 7.40. The van der Waals surface area contributed by atoms with Gasteiger partial charge in [-0.05, 0) is 42.3 Å². The number of nitrogens with two attached hydrogens (primary N) is 1. The number of rotatable bonds is 8. The van der Waals surface area contributed by atoms with E-state index < -0.39 is 41.4 Å². The van der Waals surface area contributed by atoms with Crippen molar-refractivity contribution < 1.29 is 28.4 Å². The third-order valence-corrected chi connectivity index (χ3v) is 8.14. The number of aromatic nitrogens is 1. The first kappa shape index (κ1) is 28.9. The molecular formula is C31H30FN7O5. The molecule has 0 radical (unpaired) electrons. The van der Waals surface area contributed by atoms with Gasteiger partial charge in [0, 0.05) is 56.9 Å². The van der Waals surface area contributed by atoms with Crippen molar-refractivity contribution >= 4 is 41.0 Å². The highest BCUT2D eigenvalue weighted by Crippen LogP contribution is 2.32. The molecule has 1 atom stereocenters. The van der Waals surface area contributed by atoms with Crippen LogP contribution in [0.4, 0.5) is 15.9 Å². The number of nitrogens with one attached hydrogen (secondary N) is 2. The van der Waals surface area contributed by atoms with Crippen LogP contribution in [-0.2, 0) is 22.7 Å². The summed E-state index contributed by atoms with van der Waals surface area (Å²) in [6.07, 6.45) is 0.0961. The topological polar surface area (TPSA) is 158 Å². The number of hydrogen-bond donors (Lipinski definition) is 3. The smallest absolute Gasteiger partial charge is 0.267 e. The molecule has 0 saturated carbocycles. The predicted molar refractivity (Wildman–Crippen MR) is 157 cm³/mol. The van der Waals surface area contributed by atoms with E-state index in [-0.39, 0.29) is 36.2 Å². The second-order valence-corrected chi connectivity index (χ2v) is 11.0. The number of carbonyl (C=O) groups is 5. The number of fused-ring (bicyclic) bond motifs is 1. The van der Waals surface area contributed by atoms with Gasteiger partial charge in [0.1, 0.15) is 23.4 Å². The molecule has 226 valence electrons. The van der Waals surface area contributed by atoms with E-state index in [1.165, 1.54) is 12.1 Å². The molecule has 13 heteroatoms. The highest BCUT2D eigenvalue weighted by molar-refractivity contribution is 6.25. The van der Waals surface area contributed by atoms with E-state index in [2.05, 4.69) is 25.4 Å². The highest BCUT2D eigenvalue weighted by Gasteiger charge is 2.45. The zero-order valence-electron chi connectivity index (χ0n) is 23.7. The number of halogens is 1. The molecule has 44 heavy (non-hydrogen) atoms. The summed E-state index contributed by atoms with van der Waals surface area (Å²) in [7, 11) is 0. The van der Waals surface area contributed by atoms with Crippen LogP contribution in [0.1, 0.15) is 55.2 Å². The summed E-state index contributed by atoms with van der Waals surface area (Å²) in [6, 6.07) is 13.9. The molecule has 0 spiro atoms. The molecule has 3 aliphatic rings. The molecule has 1 unspecified atom stereocenters. The first-order valence-electron chi connectivity index (χ1n) is 14.3. The molecule has 12 nitrogen and oxygen atoms in total. The molecule has 6 rings (SSSR count). The van der Waals surface area contributed by atoms with Crippen LogP contribution in [0.25, 0.3) is 0 Å². The Morgan fingerprint density at radius 1 is 1.00 bits per heavy atom. The minimum Gasteiger partial charge on any atom is -0.380 e. The van der Waals surface area contributed by atoms with Gasteiger partial charge >= 0.3 is 0 Å². The van der Waals surface area contributed by atoms with Gasteiger partial charge in [-0.1, -0.05) is 24.3 Å². The van der Waals surface area contributed by atoms with Gasteiger partial charge in [-0.2, -0.15) is 0 Å². The monoisotopic (exact) mass is 599 g/mol. The number of anilines is 2. The molecule has 3 aromatic rings. The van der Waals surface area contributed by atoms with Crippen molar-refractivity contribution in [1.29, 1.82) is 0 Å². The summed E-state index contributed by atoms with van der Waals surface area (Å²) < 4.78 is 15.2. The molecule has 1 aromatic heterocycles. The molecule has 5 amide bonds. The van der Waals surface area contributed by atoms with E-state index in [1.54, 1.807) is 30.3 Å². The number of pyridine rings is 1. The minimum atomic E-state index is -1.06. The van der Waals surface area contributed by atoms with E-state index in [4.69, 9.17) is 5.73 Å². The fourth-order valence-corrected chi connectivity index (χ4v) is 5.82. The number of imide groups is 2. The van der Waals surface area contributed by atoms with Crippen molar-refractivity contribution in [2.24, 2.45) is 5.73 Å². The zero-order valence-corrected chi connectivity index (χ0v) is 23.7. The average molecular weight is 600 g/mol. The number of amides is 5. The Hall–Kier alpha value is -5.17. The third kappa shape index (κ3) is 5.61. The highest BCUT2D eigenvalue weighted by atomic mass is 19.1. The molecule has 0 aliphatic carbocycles. The zero-order chi connectivity index (χ0) is 31.0. The quantitative estimate of drug-likeness (QED) is 0.328. The van der Waals surface area contributed by atoms with E-state index in [1.807, 2.05) is 12.1 Å². The van der Waals surface area contributed by atoms with Crippen molar-refractivity contribution in [2.45, 2.75) is 32.0 Å². The Bertz CT molecular complexity index is 1690. The van der Waals surface area contributed by atoms with E-state index in [0.29, 0.717) is 36.7 Å². The lowest BCUT2D eigenvalue weighted by molar-refractivity contribution is -0.136. The lowest BCUT2D eigenvalue weighted by Gasteiger charge is -2.35. The molecule has 2 aromatic carbocycles. The SMILES string of the molecule is NC(=O)c1cccc(N2CCN(Cc3ccc(CNc4cccc5c4C(=O)N(C4CCC(=O)NC4=O)C5=O)c(F)c3)CC2)n1. The Labute approximate surface area is 252 Å². The van der Waals surface area contributed by atoms with Crippen molar-refractivity contribution in [1.82, 2.24) is 20.1 Å². The standard InChI is InChI=1S/C31H30FN7O5/c32-21-15-18(17-37-11-13-38(14-12-37)25-6-2-5-23(35-25)28(33)41)7-8-19(21)16-34-22-4-1-3-20-27(22)31(44)39(30(20)43)24-9-10-26(40)36-29(24)42/h1-8,15,24,34H,9-14,16-17H2,(H2,33,41)(H,36,40,42). The summed E-state index contributed by atoms with van der Waals surface area (Å²) in [5, 5.41) is 5.26. The number of hydrogen-bond acceptors (Lipinski definition) is 9. The number of carbonyl (C=O) groups excluding carboxylic acids is 5. The molecule has 2 saturated heterocycles. The maximum absolute atomic E-state index is 15.2. The van der Waals surface area contributed by atoms with Crippen LogP contribution in [0.2, 0.25) is 0 Å². The van der Waals surface area contributed by atoms with Gasteiger partial charge in [0.25, 0.3) is 17.7 Å². The van der Waals surface area contributed by atoms with Gasteiger partial charge in [-0.15, -0.1) is 0 Å². The van der Waals surface area contributed by atoms with E-state index >= 15 is 4.39 Å². The molecule has 4 N–H and O–H groups in total. The number of benzene rings is 2. The second kappa shape index (κ2) is 11.8. The minimum absolute atomic E-state index is 0.0325. The molecule has 4 heterocycles. The summed E-state index contributed by atoms with van der Waals surface area (Å²) in [6.45, 7) is 3.49. The fraction of sp³-hybridized carbons (Fsp3) is 0.290. The van der Waals surface area contributed by atoms with Crippen molar-refractivity contribution in [2.75, 3.05) is 36.4 Å². The van der Waals surface area contributed by atoms with E-state index in [9.17, 15) is 24.0 Å². The lowest BCUT2D eigenvalue weighted by atomic mass is 10.0. The van der Waals surface area contributed by atoms with Gasteiger partial charge in [0.2, 0.25) is 11.8 Å². The first-order valence-corrected chi connectivity index (χ1v) is 14.3. The largest absolute Gasteiger partial charge is 0.380 e. The maximum Gasteiger partial charge on any atom is 0.267 e. The Kier molecular flexibility index (Phi) is 7.78. The Balaban J connectivity index is 1.07. The van der Waals surface area contributed by atoms with Crippen LogP contribution < -0.4 is 21.3 Å². The van der Waals surface area contributed by atoms with Crippen LogP contribution >= 0.6 is 0 Å². The van der Waals surface area contributed by atoms with Crippen molar-refractivity contribution in [3.63, 3.8) is 0 Å². The van der Waals surface area contributed by atoms with Gasteiger partial charge in [0.05, 0.1) is 11.1 Å². The number of nitrogens with zero attached hydrogens (tertiary/aromatic N) is 4. The number of piperidine rings is 1. The molecule has 3 aliphatic heterocycles. The average Bonchev–Trinajstić information content (AvgIpc) is 3.27. The van der Waals surface area contributed by atoms with Crippen LogP contribution in [0.5, 0.6) is 0 Å². The normalized spacial score (nSPS) is 18.8. The van der Waals surface area contributed by atoms with Gasteiger partial charge < -0.3 is 16.0 Å². The van der Waals surface area contributed by atoms with Crippen LogP contribution in [0, 0.1) is 5.82 Å². The summed E-state index contributed by atoms with van der Waals surface area (Å²) in [5.74, 6) is -2.63. The summed E-state index contributed by atoms with van der Waals surface area (Å²) in [4.78, 5) is 71.3. The second-order valence-electron chi connectivity index (χ2n) is 11.0. The van der Waals surface area contributed by atoms with Crippen molar-refractivity contribution in [3.05, 3.63) is 88.4 Å². The van der Waals surface area contributed by atoms with Crippen LogP contribution in [-0.4, -0.2) is 76.5 Å². The van der Waals surface area contributed by atoms with Crippen molar-refractivity contribution in [3.8, 4) is 0 Å². The number of primary amides is 1. The van der Waals surface area contributed by atoms with Gasteiger partial charge in [-0.25, -0.2) is 9.37 Å². The van der Waals surface area contributed by atoms with Crippen LogP contribution in [0.3, 0.4) is 0 Å². The third-order valence-electron chi connectivity index (χ3n) is 8.14. The molecule has 2 fully saturated rings. The van der Waals surface area contributed by atoms with E-state index in [0.717, 1.165) is 23.6 Å². The first-order chi connectivity index (χ1) is 21.2. The molecule has 0 bridgehead atoms. The Morgan fingerprint density at radius 2 is 1.77 bits per heavy atom. The Morgan fingerprint density at radius 3 is 2.50 bits per heavy atom. The molecular weight excluding hydrogens is 569 g/mol.